The summed E-state index contributed by atoms with van der Waals surface area (Å²) in [5.74, 6) is -0.954. The molecule has 8 atom stereocenters. The SMILES string of the molecule is C=CCOC(=O)N1c2cc(C)c(C)cc2C(=O)N2CC[C@H](O)[C@H]2C1OC1CCCCO1.C=CCOC(=O)N1c2cc(C)c(C)cc2C(=O)N2CC[C@H](OCC(=O)OCC)[C@H]2C1OC1CCCCO1. The minimum Gasteiger partial charge on any atom is -0.464 e. The van der Waals surface area contributed by atoms with Gasteiger partial charge < -0.3 is 52.8 Å². The van der Waals surface area contributed by atoms with Crippen LogP contribution in [0.15, 0.2) is 49.6 Å². The first-order chi connectivity index (χ1) is 32.8. The van der Waals surface area contributed by atoms with Crippen molar-refractivity contribution in [1.82, 2.24) is 9.80 Å². The number of aliphatic hydroxyl groups is 1. The van der Waals surface area contributed by atoms with Gasteiger partial charge in [-0.25, -0.2) is 24.2 Å². The van der Waals surface area contributed by atoms with E-state index in [4.69, 9.17) is 37.9 Å². The van der Waals surface area contributed by atoms with E-state index in [1.165, 1.54) is 22.0 Å². The molecular formula is C50H66N4O14. The van der Waals surface area contributed by atoms with Crippen LogP contribution < -0.4 is 9.80 Å². The molecule has 1 N–H and O–H groups in total. The molecule has 0 aliphatic carbocycles. The fourth-order valence-corrected chi connectivity index (χ4v) is 9.57. The monoisotopic (exact) mass is 946 g/mol. The molecule has 6 aliphatic heterocycles. The fourth-order valence-electron chi connectivity index (χ4n) is 9.57. The molecule has 0 spiro atoms. The lowest BCUT2D eigenvalue weighted by Crippen LogP contribution is -2.57. The highest BCUT2D eigenvalue weighted by atomic mass is 16.7. The smallest absolute Gasteiger partial charge is 0.416 e. The summed E-state index contributed by atoms with van der Waals surface area (Å²) in [5, 5.41) is 10.8. The van der Waals surface area contributed by atoms with E-state index in [-0.39, 0.29) is 38.2 Å². The molecule has 18 nitrogen and oxygen atoms in total. The van der Waals surface area contributed by atoms with Crippen LogP contribution in [0.4, 0.5) is 21.0 Å². The van der Waals surface area contributed by atoms with Crippen molar-refractivity contribution in [2.45, 2.75) is 135 Å². The molecule has 0 bridgehead atoms. The second-order valence-electron chi connectivity index (χ2n) is 17.8. The Kier molecular flexibility index (Phi) is 17.0. The van der Waals surface area contributed by atoms with Crippen molar-refractivity contribution >= 4 is 41.3 Å². The molecule has 18 heteroatoms. The van der Waals surface area contributed by atoms with E-state index in [0.717, 1.165) is 47.9 Å². The van der Waals surface area contributed by atoms with Crippen molar-refractivity contribution < 1.29 is 67.0 Å². The quantitative estimate of drug-likeness (QED) is 0.140. The van der Waals surface area contributed by atoms with E-state index >= 15 is 0 Å². The van der Waals surface area contributed by atoms with Crippen LogP contribution in [0, 0.1) is 27.7 Å². The number of hydrogen-bond acceptors (Lipinski definition) is 14. The summed E-state index contributed by atoms with van der Waals surface area (Å²) in [5.41, 5.74) is 5.32. The summed E-state index contributed by atoms with van der Waals surface area (Å²) in [6, 6.07) is 5.79. The van der Waals surface area contributed by atoms with Crippen LogP contribution in [0.1, 0.15) is 101 Å². The highest BCUT2D eigenvalue weighted by molar-refractivity contribution is 6.06. The van der Waals surface area contributed by atoms with Crippen molar-refractivity contribution in [1.29, 1.82) is 0 Å². The molecule has 4 amide bonds. The molecule has 2 aromatic carbocycles. The molecule has 4 saturated heterocycles. The molecule has 370 valence electrons. The van der Waals surface area contributed by atoms with Crippen molar-refractivity contribution in [2.24, 2.45) is 0 Å². The first-order valence-corrected chi connectivity index (χ1v) is 23.7. The average Bonchev–Trinajstić information content (AvgIpc) is 3.90. The summed E-state index contributed by atoms with van der Waals surface area (Å²) in [7, 11) is 0. The van der Waals surface area contributed by atoms with E-state index in [9.17, 15) is 29.1 Å². The summed E-state index contributed by atoms with van der Waals surface area (Å²) in [4.78, 5) is 72.3. The van der Waals surface area contributed by atoms with Crippen molar-refractivity contribution in [3.05, 3.63) is 83.0 Å². The number of rotatable bonds is 12. The molecule has 4 fully saturated rings. The Hall–Kier alpha value is -5.37. The minimum atomic E-state index is -0.970. The van der Waals surface area contributed by atoms with E-state index in [2.05, 4.69) is 13.2 Å². The Balaban J connectivity index is 0.000000204. The maximum absolute atomic E-state index is 13.9. The Morgan fingerprint density at radius 1 is 0.676 bits per heavy atom. The van der Waals surface area contributed by atoms with Gasteiger partial charge in [0.25, 0.3) is 11.8 Å². The Morgan fingerprint density at radius 3 is 1.62 bits per heavy atom. The lowest BCUT2D eigenvalue weighted by Gasteiger charge is -2.39. The van der Waals surface area contributed by atoms with Gasteiger partial charge in [-0.3, -0.25) is 9.59 Å². The molecule has 2 aromatic rings. The number of ether oxygens (including phenoxy) is 8. The van der Waals surface area contributed by atoms with Gasteiger partial charge in [0.15, 0.2) is 25.0 Å². The first-order valence-electron chi connectivity index (χ1n) is 23.7. The maximum Gasteiger partial charge on any atom is 0.416 e. The minimum absolute atomic E-state index is 0.00667. The third-order valence-corrected chi connectivity index (χ3v) is 13.3. The largest absolute Gasteiger partial charge is 0.464 e. The van der Waals surface area contributed by atoms with Crippen LogP contribution >= 0.6 is 0 Å². The number of hydrogen-bond donors (Lipinski definition) is 1. The molecule has 0 aromatic heterocycles. The highest BCUT2D eigenvalue weighted by Gasteiger charge is 2.53. The third kappa shape index (κ3) is 10.9. The molecule has 6 heterocycles. The van der Waals surface area contributed by atoms with E-state index < -0.39 is 67.5 Å². The van der Waals surface area contributed by atoms with Crippen LogP contribution in [0.3, 0.4) is 0 Å². The van der Waals surface area contributed by atoms with E-state index in [1.807, 2.05) is 39.8 Å². The Bertz CT molecular complexity index is 2190. The number of anilines is 2. The van der Waals surface area contributed by atoms with Crippen LogP contribution in [0.25, 0.3) is 0 Å². The van der Waals surface area contributed by atoms with Gasteiger partial charge in [-0.2, -0.15) is 0 Å². The van der Waals surface area contributed by atoms with Gasteiger partial charge in [-0.15, -0.1) is 0 Å². The highest BCUT2D eigenvalue weighted by Crippen LogP contribution is 2.41. The maximum atomic E-state index is 13.9. The van der Waals surface area contributed by atoms with Gasteiger partial charge in [0.1, 0.15) is 31.9 Å². The zero-order valence-corrected chi connectivity index (χ0v) is 39.9. The lowest BCUT2D eigenvalue weighted by atomic mass is 10.0. The number of carbonyl (C=O) groups is 5. The molecule has 0 radical (unpaired) electrons. The number of nitrogens with zero attached hydrogens (tertiary/aromatic N) is 4. The lowest BCUT2D eigenvalue weighted by molar-refractivity contribution is -0.202. The number of fused-ring (bicyclic) bond motifs is 4. The normalized spacial score (nSPS) is 26.5. The Labute approximate surface area is 397 Å². The number of carbonyl (C=O) groups excluding carboxylic acids is 5. The van der Waals surface area contributed by atoms with Crippen LogP contribution in [-0.2, 0) is 42.7 Å². The molecule has 8 rings (SSSR count). The summed E-state index contributed by atoms with van der Waals surface area (Å²) < 4.78 is 46.3. The summed E-state index contributed by atoms with van der Waals surface area (Å²) in [6.07, 6.45) is 3.21. The zero-order chi connectivity index (χ0) is 48.6. The zero-order valence-electron chi connectivity index (χ0n) is 39.9. The molecule has 0 saturated carbocycles. The van der Waals surface area contributed by atoms with Crippen molar-refractivity contribution in [3.8, 4) is 0 Å². The first kappa shape index (κ1) is 50.5. The second kappa shape index (κ2) is 22.8. The number of amides is 4. The number of esters is 1. The predicted octanol–water partition coefficient (Wildman–Crippen LogP) is 6.37. The standard InChI is InChI=1S/C27H36N2O8.C23H30N2O6/c1-5-12-35-27(32)29-20-15-18(4)17(3)14-19(20)25(31)28-11-10-21(36-16-22(30)33-6-2)24(28)26(29)37-23-9-7-8-13-34-23;1-4-10-30-23(28)25-17-13-15(3)14(2)12-16(17)21(27)24-9-8-18(26)20(24)22(25)31-19-7-5-6-11-29-19/h5,14-15,21,23-24,26H,1,6-13,16H2,2-4H3;4,12-13,18-20,22,26H,1,5-11H2,2-3H3/t21-,23?,24-,26?;18-,19?,20-,22?/m00/s1. The molecular weight excluding hydrogens is 881 g/mol. The predicted molar refractivity (Wildman–Crippen MR) is 248 cm³/mol. The van der Waals surface area contributed by atoms with Gasteiger partial charge in [-0.05, 0) is 133 Å². The summed E-state index contributed by atoms with van der Waals surface area (Å²) in [6.45, 7) is 18.5. The van der Waals surface area contributed by atoms with Gasteiger partial charge in [0.2, 0.25) is 0 Å². The van der Waals surface area contributed by atoms with E-state index in [0.29, 0.717) is 74.5 Å². The molecule has 6 aliphatic rings. The fraction of sp³-hybridized carbons (Fsp3) is 0.580. The van der Waals surface area contributed by atoms with Gasteiger partial charge in [0.05, 0.1) is 41.3 Å². The van der Waals surface area contributed by atoms with Gasteiger partial charge >= 0.3 is 18.2 Å². The molecule has 68 heavy (non-hydrogen) atoms. The summed E-state index contributed by atoms with van der Waals surface area (Å²) >= 11 is 0. The topological polar surface area (TPSA) is 192 Å². The number of aryl methyl sites for hydroxylation is 4. The van der Waals surface area contributed by atoms with Crippen LogP contribution in [0.5, 0.6) is 0 Å². The van der Waals surface area contributed by atoms with Gasteiger partial charge in [0, 0.05) is 26.3 Å². The molecule has 4 unspecified atom stereocenters. The Morgan fingerprint density at radius 2 is 1.15 bits per heavy atom. The number of aliphatic hydroxyl groups excluding tert-OH is 1. The third-order valence-electron chi connectivity index (χ3n) is 13.3. The van der Waals surface area contributed by atoms with E-state index in [1.54, 1.807) is 28.9 Å². The van der Waals surface area contributed by atoms with Crippen molar-refractivity contribution in [3.63, 3.8) is 0 Å². The van der Waals surface area contributed by atoms with Crippen LogP contribution in [0.2, 0.25) is 0 Å². The van der Waals surface area contributed by atoms with Crippen LogP contribution in [-0.4, -0.2) is 147 Å². The van der Waals surface area contributed by atoms with Crippen molar-refractivity contribution in [2.75, 3.05) is 62.5 Å². The number of benzene rings is 2. The average molecular weight is 947 g/mol. The second-order valence-corrected chi connectivity index (χ2v) is 17.8. The van der Waals surface area contributed by atoms with Gasteiger partial charge in [-0.1, -0.05) is 25.3 Å².